The van der Waals surface area contributed by atoms with Crippen LogP contribution in [0.4, 0.5) is 11.8 Å². The van der Waals surface area contributed by atoms with Gasteiger partial charge in [0.25, 0.3) is 0 Å². The quantitative estimate of drug-likeness (QED) is 0.607. The Morgan fingerprint density at radius 3 is 2.63 bits per heavy atom. The topological polar surface area (TPSA) is 81.0 Å². The highest BCUT2D eigenvalue weighted by Crippen LogP contribution is 2.30. The van der Waals surface area contributed by atoms with Crippen molar-refractivity contribution in [1.29, 1.82) is 0 Å². The summed E-state index contributed by atoms with van der Waals surface area (Å²) < 4.78 is 7.02. The van der Waals surface area contributed by atoms with Crippen molar-refractivity contribution in [2.45, 2.75) is 46.1 Å². The maximum Gasteiger partial charge on any atom is 0.223 e. The summed E-state index contributed by atoms with van der Waals surface area (Å²) in [5.41, 5.74) is 3.06. The number of aromatic nitrogens is 5. The molecule has 1 fully saturated rings. The number of hydrogen-bond donors (Lipinski definition) is 1. The van der Waals surface area contributed by atoms with Crippen LogP contribution < -0.4 is 15.0 Å². The predicted molar refractivity (Wildman–Crippen MR) is 119 cm³/mol. The van der Waals surface area contributed by atoms with E-state index in [0.29, 0.717) is 18.2 Å². The monoisotopic (exact) mass is 409 g/mol. The highest BCUT2D eigenvalue weighted by molar-refractivity contribution is 5.81. The van der Waals surface area contributed by atoms with Crippen LogP contribution >= 0.6 is 0 Å². The van der Waals surface area contributed by atoms with Crippen molar-refractivity contribution < 1.29 is 4.74 Å². The third-order valence-corrected chi connectivity index (χ3v) is 5.99. The molecular weight excluding hydrogens is 378 g/mol. The third kappa shape index (κ3) is 4.17. The van der Waals surface area contributed by atoms with Crippen LogP contribution in [0.3, 0.4) is 0 Å². The maximum atomic E-state index is 5.15. The number of aryl methyl sites for hydroxylation is 2. The lowest BCUT2D eigenvalue weighted by Gasteiger charge is -2.27. The number of fused-ring (bicyclic) bond motifs is 1. The molecule has 0 amide bonds. The molecule has 0 radical (unpaired) electrons. The van der Waals surface area contributed by atoms with Crippen LogP contribution in [0.25, 0.3) is 11.0 Å². The Bertz CT molecular complexity index is 993. The van der Waals surface area contributed by atoms with Crippen molar-refractivity contribution in [2.24, 2.45) is 13.0 Å². The molecule has 8 heteroatoms. The van der Waals surface area contributed by atoms with E-state index in [4.69, 9.17) is 9.72 Å². The van der Waals surface area contributed by atoms with E-state index in [2.05, 4.69) is 38.3 Å². The van der Waals surface area contributed by atoms with Gasteiger partial charge in [-0.3, -0.25) is 4.68 Å². The normalized spacial score (nSPS) is 14.4. The van der Waals surface area contributed by atoms with Crippen molar-refractivity contribution >= 4 is 22.8 Å². The molecule has 1 N–H and O–H groups in total. The van der Waals surface area contributed by atoms with Gasteiger partial charge in [0.1, 0.15) is 5.82 Å². The Morgan fingerprint density at radius 2 is 1.97 bits per heavy atom. The molecule has 0 atom stereocenters. The van der Waals surface area contributed by atoms with E-state index in [1.807, 2.05) is 18.7 Å². The molecule has 0 aliphatic heterocycles. The minimum Gasteiger partial charge on any atom is -0.494 e. The van der Waals surface area contributed by atoms with E-state index in [0.717, 1.165) is 47.1 Å². The van der Waals surface area contributed by atoms with Gasteiger partial charge in [0.05, 0.1) is 25.2 Å². The molecule has 0 spiro atoms. The SMILES string of the molecule is CCN(CC1CCCC1)c1nc2c(cc1CNc1ncc(OC)cn1)c(C)nn2C. The standard InChI is InChI=1S/C22H31N7O/c1-5-29(14-16-8-6-7-9-16)20-17(10-19-15(2)27-28(3)21(19)26-20)11-23-22-24-12-18(30-4)13-25-22/h10,12-13,16H,5-9,11,14H2,1-4H3,(H,23,24,25). The summed E-state index contributed by atoms with van der Waals surface area (Å²) in [6, 6.07) is 2.22. The second-order valence-corrected chi connectivity index (χ2v) is 8.04. The van der Waals surface area contributed by atoms with Gasteiger partial charge in [-0.05, 0) is 38.7 Å². The number of anilines is 2. The van der Waals surface area contributed by atoms with Crippen molar-refractivity contribution in [2.75, 3.05) is 30.4 Å². The number of hydrogen-bond acceptors (Lipinski definition) is 7. The molecule has 30 heavy (non-hydrogen) atoms. The fourth-order valence-corrected chi connectivity index (χ4v) is 4.34. The van der Waals surface area contributed by atoms with Crippen LogP contribution in [-0.2, 0) is 13.6 Å². The van der Waals surface area contributed by atoms with Gasteiger partial charge in [-0.25, -0.2) is 15.0 Å². The highest BCUT2D eigenvalue weighted by Gasteiger charge is 2.22. The molecule has 8 nitrogen and oxygen atoms in total. The zero-order chi connectivity index (χ0) is 21.1. The van der Waals surface area contributed by atoms with Crippen LogP contribution in [0.1, 0.15) is 43.9 Å². The second kappa shape index (κ2) is 8.85. The average molecular weight is 410 g/mol. The summed E-state index contributed by atoms with van der Waals surface area (Å²) in [4.78, 5) is 16.2. The molecule has 0 bridgehead atoms. The third-order valence-electron chi connectivity index (χ3n) is 5.99. The minimum atomic E-state index is 0.573. The largest absolute Gasteiger partial charge is 0.494 e. The van der Waals surface area contributed by atoms with Crippen LogP contribution in [0.15, 0.2) is 18.5 Å². The molecule has 0 unspecified atom stereocenters. The minimum absolute atomic E-state index is 0.573. The van der Waals surface area contributed by atoms with Crippen LogP contribution in [0.2, 0.25) is 0 Å². The van der Waals surface area contributed by atoms with Gasteiger partial charge in [-0.1, -0.05) is 12.8 Å². The van der Waals surface area contributed by atoms with E-state index in [1.54, 1.807) is 19.5 Å². The molecule has 3 aromatic heterocycles. The summed E-state index contributed by atoms with van der Waals surface area (Å²) in [6.45, 7) is 6.82. The van der Waals surface area contributed by atoms with Gasteiger partial charge in [0, 0.05) is 37.6 Å². The first-order valence-electron chi connectivity index (χ1n) is 10.8. The van der Waals surface area contributed by atoms with Gasteiger partial charge < -0.3 is 15.0 Å². The summed E-state index contributed by atoms with van der Waals surface area (Å²) in [6.07, 6.45) is 8.66. The lowest BCUT2D eigenvalue weighted by atomic mass is 10.1. The fraction of sp³-hybridized carbons (Fsp3) is 0.545. The molecule has 1 aliphatic rings. The molecule has 1 aliphatic carbocycles. The van der Waals surface area contributed by atoms with Crippen LogP contribution in [-0.4, -0.2) is 44.9 Å². The Kier molecular flexibility index (Phi) is 6.01. The first kappa shape index (κ1) is 20.4. The summed E-state index contributed by atoms with van der Waals surface area (Å²) in [7, 11) is 3.57. The number of ether oxygens (including phenoxy) is 1. The lowest BCUT2D eigenvalue weighted by molar-refractivity contribution is 0.411. The Labute approximate surface area is 177 Å². The van der Waals surface area contributed by atoms with Crippen molar-refractivity contribution in [3.63, 3.8) is 0 Å². The number of rotatable bonds is 8. The maximum absolute atomic E-state index is 5.15. The average Bonchev–Trinajstić information content (AvgIpc) is 3.38. The van der Waals surface area contributed by atoms with E-state index in [1.165, 1.54) is 25.7 Å². The summed E-state index contributed by atoms with van der Waals surface area (Å²) in [5, 5.41) is 9.01. The van der Waals surface area contributed by atoms with E-state index in [9.17, 15) is 0 Å². The first-order valence-corrected chi connectivity index (χ1v) is 10.8. The highest BCUT2D eigenvalue weighted by atomic mass is 16.5. The lowest BCUT2D eigenvalue weighted by Crippen LogP contribution is -2.30. The van der Waals surface area contributed by atoms with E-state index < -0.39 is 0 Å². The fourth-order valence-electron chi connectivity index (χ4n) is 4.34. The van der Waals surface area contributed by atoms with E-state index >= 15 is 0 Å². The molecular formula is C22H31N7O. The molecule has 0 saturated heterocycles. The zero-order valence-electron chi connectivity index (χ0n) is 18.4. The molecule has 0 aromatic carbocycles. The smallest absolute Gasteiger partial charge is 0.223 e. The molecule has 3 aromatic rings. The van der Waals surface area contributed by atoms with Crippen molar-refractivity contribution in [1.82, 2.24) is 24.7 Å². The Balaban J connectivity index is 1.65. The second-order valence-electron chi connectivity index (χ2n) is 8.04. The predicted octanol–water partition coefficient (Wildman–Crippen LogP) is 3.70. The number of methoxy groups -OCH3 is 1. The molecule has 160 valence electrons. The van der Waals surface area contributed by atoms with Gasteiger partial charge in [0.15, 0.2) is 11.4 Å². The molecule has 1 saturated carbocycles. The van der Waals surface area contributed by atoms with Crippen LogP contribution in [0.5, 0.6) is 5.75 Å². The summed E-state index contributed by atoms with van der Waals surface area (Å²) >= 11 is 0. The first-order chi connectivity index (χ1) is 14.6. The van der Waals surface area contributed by atoms with Crippen LogP contribution in [0, 0.1) is 12.8 Å². The van der Waals surface area contributed by atoms with Gasteiger partial charge in [0.2, 0.25) is 5.95 Å². The van der Waals surface area contributed by atoms with Crippen molar-refractivity contribution in [3.8, 4) is 5.75 Å². The molecule has 4 rings (SSSR count). The molecule has 3 heterocycles. The van der Waals surface area contributed by atoms with Gasteiger partial charge >= 0.3 is 0 Å². The van der Waals surface area contributed by atoms with Gasteiger partial charge in [-0.15, -0.1) is 0 Å². The Morgan fingerprint density at radius 1 is 1.23 bits per heavy atom. The summed E-state index contributed by atoms with van der Waals surface area (Å²) in [5.74, 6) is 3.00. The van der Waals surface area contributed by atoms with E-state index in [-0.39, 0.29) is 0 Å². The van der Waals surface area contributed by atoms with Crippen molar-refractivity contribution in [3.05, 3.63) is 29.7 Å². The Hall–Kier alpha value is -2.90. The number of pyridine rings is 1. The van der Waals surface area contributed by atoms with Gasteiger partial charge in [-0.2, -0.15) is 5.10 Å². The number of nitrogens with one attached hydrogen (secondary N) is 1. The zero-order valence-corrected chi connectivity index (χ0v) is 18.4. The number of nitrogens with zero attached hydrogens (tertiary/aromatic N) is 6.